The Bertz CT molecular complexity index is 3440. The average molecular weight is 1340 g/mol. The largest absolute Gasteiger partial charge is 3.00 e. The molecule has 12 N–H and O–H groups in total. The Labute approximate surface area is 547 Å². The minimum Gasteiger partial charge on any atom is -0.756 e. The van der Waals surface area contributed by atoms with Crippen LogP contribution < -0.4 is 43.4 Å². The molecule has 0 spiro atoms. The molecule has 6 aliphatic heterocycles. The summed E-state index contributed by atoms with van der Waals surface area (Å²) in [6.07, 6.45) is -1.45. The molecule has 7 amide bonds. The molecule has 29 heteroatoms. The molecule has 2 fully saturated rings. The van der Waals surface area contributed by atoms with Crippen molar-refractivity contribution < 1.29 is 83.8 Å². The molecule has 0 aliphatic carbocycles. The zero-order valence-corrected chi connectivity index (χ0v) is 56.4. The summed E-state index contributed by atoms with van der Waals surface area (Å²) in [6, 6.07) is 2.87. The third-order valence-corrected chi connectivity index (χ3v) is 21.6. The number of nitrogens with zero attached hydrogens (tertiary/aromatic N) is 6. The first kappa shape index (κ1) is 74.5. The summed E-state index contributed by atoms with van der Waals surface area (Å²) >= 11 is 0. The van der Waals surface area contributed by atoms with E-state index in [1.54, 1.807) is 4.57 Å². The van der Waals surface area contributed by atoms with Crippen LogP contribution in [0.5, 0.6) is 0 Å². The molecule has 8 bridgehead atoms. The van der Waals surface area contributed by atoms with E-state index in [0.717, 1.165) is 11.1 Å². The summed E-state index contributed by atoms with van der Waals surface area (Å²) in [5.74, 6) is -4.59. The monoisotopic (exact) mass is 1340 g/mol. The maximum atomic E-state index is 14.4. The topological polar surface area (TPSA) is 423 Å². The van der Waals surface area contributed by atoms with E-state index >= 15 is 0 Å². The number of carbonyl (C=O) groups excluding carboxylic acids is 7. The smallest absolute Gasteiger partial charge is 0.756 e. The van der Waals surface area contributed by atoms with Gasteiger partial charge in [0.2, 0.25) is 42.9 Å². The number of phosphoric acid groups is 1. The van der Waals surface area contributed by atoms with Gasteiger partial charge in [-0.15, -0.1) is 0 Å². The second-order valence-corrected chi connectivity index (χ2v) is 27.9. The predicted octanol–water partition coefficient (Wildman–Crippen LogP) is 3.37. The Hall–Kier alpha value is -6.49. The number of hydrogen-bond acceptors (Lipinski definition) is 18. The summed E-state index contributed by atoms with van der Waals surface area (Å²) in [7, 11) is -5.30. The molecule has 2 saturated heterocycles. The van der Waals surface area contributed by atoms with Crippen LogP contribution in [0.4, 0.5) is 0 Å². The number of aliphatic hydroxyl groups excluding tert-OH is 2. The Morgan fingerprint density at radius 1 is 0.880 bits per heavy atom. The number of aromatic nitrogens is 2. The first-order valence-corrected chi connectivity index (χ1v) is 32.0. The van der Waals surface area contributed by atoms with E-state index in [1.165, 1.54) is 13.3 Å². The predicted molar refractivity (Wildman–Crippen MR) is 339 cm³/mol. The van der Waals surface area contributed by atoms with Gasteiger partial charge < -0.3 is 84.7 Å². The first-order chi connectivity index (χ1) is 42.3. The van der Waals surface area contributed by atoms with Crippen LogP contribution in [0.15, 0.2) is 67.8 Å². The number of ether oxygens (including phenoxy) is 1. The maximum Gasteiger partial charge on any atom is 3.00 e. The maximum absolute atomic E-state index is 14.4. The number of benzene rings is 1. The fraction of sp³-hybridized carbons (Fsp3) is 0.619. The Morgan fingerprint density at radius 2 is 1.52 bits per heavy atom. The number of nitrogens with one attached hydrogen (secondary N) is 4. The summed E-state index contributed by atoms with van der Waals surface area (Å²) in [5, 5.41) is 38.6. The number of fused-ring (bicyclic) bond motifs is 7. The normalized spacial score (nSPS) is 33.3. The Morgan fingerprint density at radius 3 is 2.14 bits per heavy atom. The third kappa shape index (κ3) is 14.1. The number of nitrogens with two attached hydrogens (primary N) is 3. The van der Waals surface area contributed by atoms with Gasteiger partial charge in [0.15, 0.2) is 6.23 Å². The number of phosphoric ester groups is 1. The molecule has 1 aromatic carbocycles. The van der Waals surface area contributed by atoms with E-state index in [1.807, 2.05) is 87.4 Å². The molecule has 2 aromatic rings. The second-order valence-electron chi connectivity index (χ2n) is 26.6. The van der Waals surface area contributed by atoms with Crippen molar-refractivity contribution in [3.63, 3.8) is 0 Å². The van der Waals surface area contributed by atoms with E-state index in [2.05, 4.69) is 26.3 Å². The van der Waals surface area contributed by atoms with Crippen molar-refractivity contribution in [3.8, 4) is 0 Å². The summed E-state index contributed by atoms with van der Waals surface area (Å²) in [5.41, 5.74) is 19.9. The van der Waals surface area contributed by atoms with Gasteiger partial charge in [-0.1, -0.05) is 40.7 Å². The second kappa shape index (κ2) is 29.0. The van der Waals surface area contributed by atoms with Gasteiger partial charge in [0.05, 0.1) is 47.3 Å². The average Bonchev–Trinajstić information content (AvgIpc) is 1.53. The van der Waals surface area contributed by atoms with Crippen LogP contribution >= 0.6 is 7.82 Å². The van der Waals surface area contributed by atoms with Gasteiger partial charge in [0, 0.05) is 103 Å². The standard InChI is InChI=1S/C62H90N13O14P.CH3.Co/c1-32-20-42-43(21-33(32)2)75(28-70-42)57-52(84)53(44(26-76)87-57)89-90(85,86)88-34(3)24-69-49(83)16-18-59(8)40(25-67-30-78)56-62(11)61(10,27-68-31-79)39(17-19-66-29-77)51(74-62)36(5)55-60(9,23-48(65)82)37(12-14-46(63)80)41(71-55)22-45-58(6,7)38(13-15-47(64)81)50(72-45)35(4)54(59)73-56;;/h20-22,28-31,34,37-40,44,52-53,56-57,76,84H,12-19,23-27H2,1-11H3,(H12,63,64,65,66,67,68,69,71,72,73,74,77,78,79,80,81,82,83,85,86);1H3;/q;-1;+3/p-2/t34-,37-,38-,39-,40+,44-,52-,53-,56-,57+,59-,60+,61+,62+;;/m1../s1. The molecule has 92 heavy (non-hydrogen) atoms. The SMILES string of the molecule is C/C1=C2/[N-]/C(=C\C3=NC(=C(/C)C4=N[C@@](C)([C@@H]5N=C1[C@](C)(CCC(=O)NC[C@@H](C)OP(=O)([O-])O[C@H]1[C@@H](O)[C@@H](n6cnc7cc(C)c(C)cc76)O[C@@H]1CO)[C@H]5CNC=O)[C@@](C)(CNC=O)[C@@H]4CCNC=O)/[C@@](C)(CC(N)=O)[C@@H]3CCC(N)=O)C(C)(C)[C@@H]2CCC(N)=O.[CH3-].[Co+3]. The van der Waals surface area contributed by atoms with Gasteiger partial charge >= 0.3 is 16.8 Å². The van der Waals surface area contributed by atoms with Gasteiger partial charge in [-0.05, 0) is 113 Å². The zero-order chi connectivity index (χ0) is 66.2. The molecule has 0 saturated carbocycles. The summed E-state index contributed by atoms with van der Waals surface area (Å²) in [6.45, 7) is 19.9. The van der Waals surface area contributed by atoms with Crippen molar-refractivity contribution in [1.29, 1.82) is 0 Å². The van der Waals surface area contributed by atoms with Crippen LogP contribution in [-0.2, 0) is 68.7 Å². The van der Waals surface area contributed by atoms with E-state index < -0.39 is 126 Å². The molecule has 506 valence electrons. The number of allylic oxidation sites excluding steroid dienone is 6. The third-order valence-electron chi connectivity index (χ3n) is 20.5. The van der Waals surface area contributed by atoms with Crippen molar-refractivity contribution in [1.82, 2.24) is 30.8 Å². The molecule has 1 aromatic heterocycles. The van der Waals surface area contributed by atoms with E-state index in [9.17, 15) is 53.2 Å². The number of hydrogen-bond donors (Lipinski definition) is 9. The number of amides is 7. The fourth-order valence-corrected chi connectivity index (χ4v) is 16.3. The van der Waals surface area contributed by atoms with Crippen molar-refractivity contribution in [2.24, 2.45) is 77.5 Å². The molecule has 15 atom stereocenters. The number of rotatable bonds is 29. The van der Waals surface area contributed by atoms with E-state index in [0.29, 0.717) is 82.1 Å². The fourth-order valence-electron chi connectivity index (χ4n) is 15.2. The summed E-state index contributed by atoms with van der Waals surface area (Å²) in [4.78, 5) is 125. The molecular weight excluding hydrogens is 1250 g/mol. The quantitative estimate of drug-likeness (QED) is 0.0244. The van der Waals surface area contributed by atoms with Gasteiger partial charge in [-0.3, -0.25) is 53.1 Å². The van der Waals surface area contributed by atoms with Gasteiger partial charge in [0.1, 0.15) is 18.3 Å². The molecular formula is C63H91CoN13O14P. The van der Waals surface area contributed by atoms with Gasteiger partial charge in [-0.25, -0.2) is 4.98 Å². The molecule has 0 radical (unpaired) electrons. The van der Waals surface area contributed by atoms with Crippen LogP contribution in [0.1, 0.15) is 131 Å². The molecule has 1 unspecified atom stereocenters. The van der Waals surface area contributed by atoms with Crippen molar-refractivity contribution in [3.05, 3.63) is 76.6 Å². The summed E-state index contributed by atoms with van der Waals surface area (Å²) < 4.78 is 32.0. The van der Waals surface area contributed by atoms with Gasteiger partial charge in [0.25, 0.3) is 7.82 Å². The number of carbonyl (C=O) groups is 7. The van der Waals surface area contributed by atoms with Crippen LogP contribution in [-0.4, -0.2) is 149 Å². The molecule has 7 heterocycles. The van der Waals surface area contributed by atoms with Crippen LogP contribution in [0.25, 0.3) is 16.4 Å². The Kier molecular flexibility index (Phi) is 23.5. The molecule has 6 aliphatic rings. The first-order valence-electron chi connectivity index (χ1n) is 30.6. The molecule has 8 rings (SSSR count). The van der Waals surface area contributed by atoms with Crippen molar-refractivity contribution in [2.45, 2.75) is 170 Å². The minimum absolute atomic E-state index is 0. The number of primary amides is 3. The van der Waals surface area contributed by atoms with Crippen molar-refractivity contribution in [2.75, 3.05) is 32.8 Å². The van der Waals surface area contributed by atoms with Crippen LogP contribution in [0.2, 0.25) is 0 Å². The minimum atomic E-state index is -5.30. The number of imidazole rings is 1. The number of aliphatic hydroxyl groups is 2. The van der Waals surface area contributed by atoms with Crippen LogP contribution in [0, 0.1) is 66.6 Å². The van der Waals surface area contributed by atoms with Gasteiger partial charge in [-0.2, -0.15) is 11.4 Å². The van der Waals surface area contributed by atoms with Crippen molar-refractivity contribution >= 4 is 78.9 Å². The zero-order valence-electron chi connectivity index (χ0n) is 54.5. The number of aliphatic imine (C=N–C) groups is 3. The van der Waals surface area contributed by atoms with E-state index in [4.69, 9.17) is 51.3 Å². The Balaban J connectivity index is 0.00000672. The van der Waals surface area contributed by atoms with Crippen LogP contribution in [0.3, 0.4) is 0 Å². The molecule has 27 nitrogen and oxygen atoms in total. The number of aryl methyl sites for hydroxylation is 2. The van der Waals surface area contributed by atoms with E-state index in [-0.39, 0.29) is 95.3 Å².